The minimum atomic E-state index is -1.21. The van der Waals surface area contributed by atoms with E-state index in [1.165, 1.54) is 19.1 Å². The van der Waals surface area contributed by atoms with Crippen molar-refractivity contribution in [3.8, 4) is 5.75 Å². The van der Waals surface area contributed by atoms with Crippen LogP contribution in [-0.2, 0) is 32.0 Å². The lowest BCUT2D eigenvalue weighted by Gasteiger charge is -2.22. The zero-order valence-electron chi connectivity index (χ0n) is 19.7. The highest BCUT2D eigenvalue weighted by atomic mass is 16.4. The van der Waals surface area contributed by atoms with E-state index in [2.05, 4.69) is 20.9 Å². The van der Waals surface area contributed by atoms with Crippen LogP contribution in [0.2, 0.25) is 0 Å². The topological polar surface area (TPSA) is 187 Å². The lowest BCUT2D eigenvalue weighted by atomic mass is 10.0. The average Bonchev–Trinajstić information content (AvgIpc) is 3.26. The normalized spacial score (nSPS) is 13.4. The van der Waals surface area contributed by atoms with Crippen LogP contribution in [0.1, 0.15) is 18.1 Å². The Hall–Kier alpha value is -4.38. The van der Waals surface area contributed by atoms with Gasteiger partial charge in [0.1, 0.15) is 24.4 Å². The number of phenolic OH excluding ortho intramolecular Hbond substituents is 1. The molecular weight excluding hydrogens is 466 g/mol. The number of rotatable bonds is 11. The van der Waals surface area contributed by atoms with E-state index in [1.807, 2.05) is 24.3 Å². The number of aliphatic carboxylic acids is 1. The molecule has 1 aromatic heterocycles. The summed E-state index contributed by atoms with van der Waals surface area (Å²) in [6, 6.07) is 10.7. The van der Waals surface area contributed by atoms with Gasteiger partial charge in [-0.25, -0.2) is 0 Å². The van der Waals surface area contributed by atoms with E-state index in [9.17, 15) is 24.3 Å². The van der Waals surface area contributed by atoms with Gasteiger partial charge in [0, 0.05) is 23.5 Å². The van der Waals surface area contributed by atoms with Crippen molar-refractivity contribution < 1.29 is 29.4 Å². The predicted octanol–water partition coefficient (Wildman–Crippen LogP) is 0.176. The summed E-state index contributed by atoms with van der Waals surface area (Å²) in [6.07, 6.45) is 2.05. The fraction of sp³-hybridized carbons (Fsp3) is 0.280. The number of hydrogen-bond acceptors (Lipinski definition) is 6. The summed E-state index contributed by atoms with van der Waals surface area (Å²) >= 11 is 0. The Morgan fingerprint density at radius 2 is 1.64 bits per heavy atom. The largest absolute Gasteiger partial charge is 0.508 e. The maximum Gasteiger partial charge on any atom is 0.322 e. The first-order valence-corrected chi connectivity index (χ1v) is 11.3. The lowest BCUT2D eigenvalue weighted by Crippen LogP contribution is -2.56. The molecule has 0 aliphatic carbocycles. The SMILES string of the molecule is CC(NC(=O)C(Cc1c[nH]c2ccccc12)NC(=O)C(N)Cc1ccc(O)cc1)C(=O)NCC(=O)O. The van der Waals surface area contributed by atoms with Crippen LogP contribution < -0.4 is 21.7 Å². The number of phenols is 1. The Bertz CT molecular complexity index is 1240. The smallest absolute Gasteiger partial charge is 0.322 e. The van der Waals surface area contributed by atoms with Crippen molar-refractivity contribution in [1.82, 2.24) is 20.9 Å². The molecule has 2 aromatic carbocycles. The van der Waals surface area contributed by atoms with Gasteiger partial charge in [0.25, 0.3) is 0 Å². The molecule has 1 heterocycles. The summed E-state index contributed by atoms with van der Waals surface area (Å²) in [7, 11) is 0. The third kappa shape index (κ3) is 7.06. The number of benzene rings is 2. The molecule has 0 saturated heterocycles. The predicted molar refractivity (Wildman–Crippen MR) is 132 cm³/mol. The molecule has 0 aliphatic rings. The molecule has 3 atom stereocenters. The highest BCUT2D eigenvalue weighted by molar-refractivity contribution is 5.94. The number of H-pyrrole nitrogens is 1. The highest BCUT2D eigenvalue weighted by Crippen LogP contribution is 2.19. The third-order valence-electron chi connectivity index (χ3n) is 5.63. The van der Waals surface area contributed by atoms with Crippen LogP contribution in [0.25, 0.3) is 10.9 Å². The van der Waals surface area contributed by atoms with Crippen molar-refractivity contribution in [3.05, 3.63) is 65.9 Å². The molecule has 3 amide bonds. The number of carbonyl (C=O) groups excluding carboxylic acids is 3. The number of aromatic nitrogens is 1. The maximum absolute atomic E-state index is 13.1. The molecule has 0 saturated carbocycles. The van der Waals surface area contributed by atoms with Gasteiger partial charge in [-0.05, 0) is 42.7 Å². The van der Waals surface area contributed by atoms with Gasteiger partial charge >= 0.3 is 5.97 Å². The molecule has 8 N–H and O–H groups in total. The number of carboxylic acids is 1. The Kier molecular flexibility index (Phi) is 8.63. The number of nitrogens with one attached hydrogen (secondary N) is 4. The molecule has 0 radical (unpaired) electrons. The first kappa shape index (κ1) is 26.2. The van der Waals surface area contributed by atoms with Crippen LogP contribution >= 0.6 is 0 Å². The minimum Gasteiger partial charge on any atom is -0.508 e. The van der Waals surface area contributed by atoms with Crippen LogP contribution in [0.15, 0.2) is 54.7 Å². The van der Waals surface area contributed by atoms with E-state index in [0.717, 1.165) is 22.0 Å². The number of nitrogens with two attached hydrogens (primary N) is 1. The second kappa shape index (κ2) is 11.8. The Balaban J connectivity index is 1.74. The number of aromatic hydroxyl groups is 1. The van der Waals surface area contributed by atoms with E-state index in [4.69, 9.17) is 10.8 Å². The molecule has 0 fully saturated rings. The molecule has 3 rings (SSSR count). The molecule has 0 spiro atoms. The molecule has 190 valence electrons. The summed E-state index contributed by atoms with van der Waals surface area (Å²) in [6.45, 7) is 0.830. The Morgan fingerprint density at radius 3 is 2.33 bits per heavy atom. The van der Waals surface area contributed by atoms with Gasteiger partial charge in [-0.1, -0.05) is 30.3 Å². The molecule has 11 heteroatoms. The molecular formula is C25H29N5O6. The number of fused-ring (bicyclic) bond motifs is 1. The minimum absolute atomic E-state index is 0.0914. The Labute approximate surface area is 207 Å². The highest BCUT2D eigenvalue weighted by Gasteiger charge is 2.27. The fourth-order valence-corrected chi connectivity index (χ4v) is 3.68. The second-order valence-electron chi connectivity index (χ2n) is 8.44. The van der Waals surface area contributed by atoms with Crippen molar-refractivity contribution in [3.63, 3.8) is 0 Å². The van der Waals surface area contributed by atoms with Crippen molar-refractivity contribution in [2.75, 3.05) is 6.54 Å². The number of amides is 3. The number of aromatic amines is 1. The second-order valence-corrected chi connectivity index (χ2v) is 8.44. The van der Waals surface area contributed by atoms with Gasteiger partial charge in [-0.15, -0.1) is 0 Å². The Morgan fingerprint density at radius 1 is 0.944 bits per heavy atom. The number of carboxylic acid groups (broad SMARTS) is 1. The molecule has 36 heavy (non-hydrogen) atoms. The first-order valence-electron chi connectivity index (χ1n) is 11.3. The van der Waals surface area contributed by atoms with Crippen molar-refractivity contribution in [1.29, 1.82) is 0 Å². The average molecular weight is 496 g/mol. The standard InChI is InChI=1S/C25H29N5O6/c1-14(23(34)28-13-22(32)33)29-25(36)21(11-16-12-27-20-5-3-2-4-18(16)20)30-24(35)19(26)10-15-6-8-17(31)9-7-15/h2-9,12,14,19,21,27,31H,10-11,13,26H2,1H3,(H,28,34)(H,29,36)(H,30,35)(H,32,33). The van der Waals surface area contributed by atoms with Crippen LogP contribution in [0.5, 0.6) is 5.75 Å². The van der Waals surface area contributed by atoms with E-state index < -0.39 is 48.4 Å². The third-order valence-corrected chi connectivity index (χ3v) is 5.63. The van der Waals surface area contributed by atoms with Gasteiger partial charge in [0.2, 0.25) is 17.7 Å². The van der Waals surface area contributed by atoms with Crippen LogP contribution in [0.3, 0.4) is 0 Å². The van der Waals surface area contributed by atoms with E-state index >= 15 is 0 Å². The zero-order valence-corrected chi connectivity index (χ0v) is 19.7. The molecule has 11 nitrogen and oxygen atoms in total. The molecule has 3 aromatic rings. The van der Waals surface area contributed by atoms with Crippen LogP contribution in [-0.4, -0.2) is 63.6 Å². The zero-order chi connectivity index (χ0) is 26.2. The molecule has 0 aliphatic heterocycles. The number of para-hydroxylation sites is 1. The first-order chi connectivity index (χ1) is 17.1. The number of carbonyl (C=O) groups is 4. The van der Waals surface area contributed by atoms with Gasteiger partial charge in [0.05, 0.1) is 6.04 Å². The van der Waals surface area contributed by atoms with Crippen molar-refractivity contribution >= 4 is 34.6 Å². The summed E-state index contributed by atoms with van der Waals surface area (Å²) < 4.78 is 0. The van der Waals surface area contributed by atoms with Crippen LogP contribution in [0.4, 0.5) is 0 Å². The van der Waals surface area contributed by atoms with E-state index in [1.54, 1.807) is 18.3 Å². The summed E-state index contributed by atoms with van der Waals surface area (Å²) in [5, 5.41) is 26.5. The van der Waals surface area contributed by atoms with Gasteiger partial charge < -0.3 is 36.9 Å². The summed E-state index contributed by atoms with van der Waals surface area (Å²) in [5.41, 5.74) is 8.46. The molecule has 3 unspecified atom stereocenters. The van der Waals surface area contributed by atoms with Crippen molar-refractivity contribution in [2.45, 2.75) is 37.9 Å². The van der Waals surface area contributed by atoms with Gasteiger partial charge in [-0.3, -0.25) is 19.2 Å². The van der Waals surface area contributed by atoms with Crippen molar-refractivity contribution in [2.24, 2.45) is 5.73 Å². The lowest BCUT2D eigenvalue weighted by molar-refractivity contribution is -0.138. The number of hydrogen-bond donors (Lipinski definition) is 7. The monoisotopic (exact) mass is 495 g/mol. The quantitative estimate of drug-likeness (QED) is 0.198. The summed E-state index contributed by atoms with van der Waals surface area (Å²) in [4.78, 5) is 52.0. The molecule has 0 bridgehead atoms. The van der Waals surface area contributed by atoms with Gasteiger partial charge in [-0.2, -0.15) is 0 Å². The van der Waals surface area contributed by atoms with Gasteiger partial charge in [0.15, 0.2) is 0 Å². The van der Waals surface area contributed by atoms with E-state index in [-0.39, 0.29) is 18.6 Å². The maximum atomic E-state index is 13.1. The fourth-order valence-electron chi connectivity index (χ4n) is 3.68. The summed E-state index contributed by atoms with van der Waals surface area (Å²) in [5.74, 6) is -2.98. The van der Waals surface area contributed by atoms with Crippen LogP contribution in [0, 0.1) is 0 Å². The van der Waals surface area contributed by atoms with E-state index in [0.29, 0.717) is 0 Å².